The summed E-state index contributed by atoms with van der Waals surface area (Å²) in [5, 5.41) is 9.28. The molecule has 2 aliphatic rings. The van der Waals surface area contributed by atoms with Gasteiger partial charge in [0.1, 0.15) is 5.75 Å². The molecule has 0 radical (unpaired) electrons. The van der Waals surface area contributed by atoms with Crippen molar-refractivity contribution in [1.29, 1.82) is 0 Å². The average molecular weight is 367 g/mol. The minimum atomic E-state index is -0.747. The third-order valence-electron chi connectivity index (χ3n) is 5.72. The van der Waals surface area contributed by atoms with Crippen LogP contribution >= 0.6 is 0 Å². The van der Waals surface area contributed by atoms with Crippen LogP contribution < -0.4 is 9.64 Å². The van der Waals surface area contributed by atoms with Crippen LogP contribution in [0.3, 0.4) is 0 Å². The summed E-state index contributed by atoms with van der Waals surface area (Å²) < 4.78 is 5.66. The zero-order chi connectivity index (χ0) is 19.0. The number of ether oxygens (including phenoxy) is 1. The number of anilines is 1. The van der Waals surface area contributed by atoms with E-state index < -0.39 is 5.97 Å². The summed E-state index contributed by atoms with van der Waals surface area (Å²) in [6.07, 6.45) is 6.12. The van der Waals surface area contributed by atoms with Crippen LogP contribution in [0.5, 0.6) is 5.75 Å². The number of hydrogen-bond acceptors (Lipinski definition) is 5. The second-order valence-electron chi connectivity index (χ2n) is 7.45. The number of aromatic nitrogens is 2. The van der Waals surface area contributed by atoms with Crippen LogP contribution in [0.2, 0.25) is 0 Å². The van der Waals surface area contributed by atoms with Crippen molar-refractivity contribution in [2.24, 2.45) is 0 Å². The molecule has 1 saturated heterocycles. The highest BCUT2D eigenvalue weighted by molar-refractivity contribution is 5.75. The number of methoxy groups -OCH3 is 1. The monoisotopic (exact) mass is 367 g/mol. The van der Waals surface area contributed by atoms with E-state index >= 15 is 0 Å². The average Bonchev–Trinajstić information content (AvgIpc) is 2.59. The molecule has 0 bridgehead atoms. The molecule has 1 N–H and O–H groups in total. The molecule has 1 atom stereocenters. The molecule has 2 heterocycles. The highest BCUT2D eigenvalue weighted by atomic mass is 16.5. The minimum Gasteiger partial charge on any atom is -0.496 e. The molecule has 1 fully saturated rings. The van der Waals surface area contributed by atoms with Gasteiger partial charge in [-0.05, 0) is 61.8 Å². The molecule has 0 spiro atoms. The van der Waals surface area contributed by atoms with E-state index in [4.69, 9.17) is 9.72 Å². The summed E-state index contributed by atoms with van der Waals surface area (Å²) >= 11 is 0. The first kappa shape index (κ1) is 17.8. The number of fused-ring (bicyclic) bond motifs is 1. The lowest BCUT2D eigenvalue weighted by molar-refractivity contribution is -0.137. The molecule has 1 aliphatic heterocycles. The first-order valence-electron chi connectivity index (χ1n) is 9.58. The van der Waals surface area contributed by atoms with E-state index in [1.165, 1.54) is 12.0 Å². The van der Waals surface area contributed by atoms with Crippen molar-refractivity contribution in [3.63, 3.8) is 0 Å². The van der Waals surface area contributed by atoms with Gasteiger partial charge in [-0.3, -0.25) is 4.79 Å². The Kier molecular flexibility index (Phi) is 4.72. The molecule has 142 valence electrons. The molecule has 1 aromatic carbocycles. The number of benzene rings is 1. The van der Waals surface area contributed by atoms with E-state index in [1.807, 2.05) is 13.1 Å². The van der Waals surface area contributed by atoms with Crippen LogP contribution in [-0.2, 0) is 11.2 Å². The van der Waals surface area contributed by atoms with E-state index in [-0.39, 0.29) is 12.3 Å². The molecule has 4 rings (SSSR count). The van der Waals surface area contributed by atoms with E-state index in [9.17, 15) is 9.90 Å². The first-order valence-corrected chi connectivity index (χ1v) is 9.58. The Morgan fingerprint density at radius 3 is 2.74 bits per heavy atom. The highest BCUT2D eigenvalue weighted by Gasteiger charge is 2.26. The number of hydrogen-bond donors (Lipinski definition) is 1. The molecule has 27 heavy (non-hydrogen) atoms. The molecular formula is C21H25N3O3. The second-order valence-corrected chi connectivity index (χ2v) is 7.45. The van der Waals surface area contributed by atoms with Crippen molar-refractivity contribution >= 4 is 11.9 Å². The van der Waals surface area contributed by atoms with Crippen LogP contribution in [0.25, 0.3) is 11.1 Å². The third kappa shape index (κ3) is 3.36. The third-order valence-corrected chi connectivity index (χ3v) is 5.72. The van der Waals surface area contributed by atoms with Gasteiger partial charge in [-0.25, -0.2) is 9.97 Å². The SMILES string of the molecule is COc1cc2c(cc1-c1cnc(N3CCC3)nc1C)C(CC(=O)O)CCC2. The van der Waals surface area contributed by atoms with Crippen molar-refractivity contribution in [2.45, 2.75) is 44.9 Å². The number of carboxylic acid groups (broad SMARTS) is 1. The fourth-order valence-corrected chi connectivity index (χ4v) is 4.12. The van der Waals surface area contributed by atoms with Crippen molar-refractivity contribution in [3.8, 4) is 16.9 Å². The number of nitrogens with zero attached hydrogens (tertiary/aromatic N) is 3. The lowest BCUT2D eigenvalue weighted by atomic mass is 9.79. The van der Waals surface area contributed by atoms with Gasteiger partial charge >= 0.3 is 5.97 Å². The smallest absolute Gasteiger partial charge is 0.303 e. The van der Waals surface area contributed by atoms with Crippen LogP contribution in [0.4, 0.5) is 5.95 Å². The Hall–Kier alpha value is -2.63. The van der Waals surface area contributed by atoms with Gasteiger partial charge in [-0.15, -0.1) is 0 Å². The second kappa shape index (κ2) is 7.18. The number of aryl methyl sites for hydroxylation is 2. The molecule has 0 saturated carbocycles. The minimum absolute atomic E-state index is 0.0532. The van der Waals surface area contributed by atoms with E-state index in [1.54, 1.807) is 7.11 Å². The van der Waals surface area contributed by atoms with Crippen molar-refractivity contribution in [1.82, 2.24) is 9.97 Å². The summed E-state index contributed by atoms with van der Waals surface area (Å²) in [5.41, 5.74) is 5.13. The molecule has 6 heteroatoms. The molecule has 1 aromatic heterocycles. The maximum absolute atomic E-state index is 11.3. The van der Waals surface area contributed by atoms with Gasteiger partial charge in [-0.1, -0.05) is 0 Å². The van der Waals surface area contributed by atoms with Gasteiger partial charge in [0, 0.05) is 30.4 Å². The Labute approximate surface area is 159 Å². The predicted octanol–water partition coefficient (Wildman–Crippen LogP) is 3.57. The Morgan fingerprint density at radius 2 is 2.11 bits per heavy atom. The highest BCUT2D eigenvalue weighted by Crippen LogP contribution is 2.41. The van der Waals surface area contributed by atoms with Gasteiger partial charge < -0.3 is 14.7 Å². The van der Waals surface area contributed by atoms with E-state index in [0.29, 0.717) is 0 Å². The number of carboxylic acids is 1. The Balaban J connectivity index is 1.76. The van der Waals surface area contributed by atoms with E-state index in [2.05, 4.69) is 22.0 Å². The Morgan fingerprint density at radius 1 is 1.30 bits per heavy atom. The van der Waals surface area contributed by atoms with Crippen molar-refractivity contribution in [3.05, 3.63) is 35.2 Å². The molecule has 2 aromatic rings. The molecule has 1 unspecified atom stereocenters. The van der Waals surface area contributed by atoms with Crippen LogP contribution in [0, 0.1) is 6.92 Å². The number of carbonyl (C=O) groups is 1. The maximum Gasteiger partial charge on any atom is 0.303 e. The van der Waals surface area contributed by atoms with Crippen LogP contribution in [-0.4, -0.2) is 41.2 Å². The van der Waals surface area contributed by atoms with E-state index in [0.717, 1.165) is 66.4 Å². The topological polar surface area (TPSA) is 75.5 Å². The zero-order valence-electron chi connectivity index (χ0n) is 15.9. The molecular weight excluding hydrogens is 342 g/mol. The van der Waals surface area contributed by atoms with Gasteiger partial charge in [0.2, 0.25) is 5.95 Å². The fraction of sp³-hybridized carbons (Fsp3) is 0.476. The van der Waals surface area contributed by atoms with Crippen LogP contribution in [0.1, 0.15) is 48.4 Å². The van der Waals surface area contributed by atoms with Crippen LogP contribution in [0.15, 0.2) is 18.3 Å². The predicted molar refractivity (Wildman–Crippen MR) is 104 cm³/mol. The summed E-state index contributed by atoms with van der Waals surface area (Å²) in [4.78, 5) is 22.7. The summed E-state index contributed by atoms with van der Waals surface area (Å²) in [7, 11) is 1.67. The van der Waals surface area contributed by atoms with Crippen molar-refractivity contribution < 1.29 is 14.6 Å². The lowest BCUT2D eigenvalue weighted by Gasteiger charge is -2.31. The van der Waals surface area contributed by atoms with Crippen molar-refractivity contribution in [2.75, 3.05) is 25.1 Å². The number of rotatable bonds is 5. The summed E-state index contributed by atoms with van der Waals surface area (Å²) in [6, 6.07) is 4.18. The first-order chi connectivity index (χ1) is 13.1. The summed E-state index contributed by atoms with van der Waals surface area (Å²) in [6.45, 7) is 4.02. The fourth-order valence-electron chi connectivity index (χ4n) is 4.12. The summed E-state index contributed by atoms with van der Waals surface area (Å²) in [5.74, 6) is 0.887. The van der Waals surface area contributed by atoms with Gasteiger partial charge in [-0.2, -0.15) is 0 Å². The zero-order valence-corrected chi connectivity index (χ0v) is 15.9. The van der Waals surface area contributed by atoms with Gasteiger partial charge in [0.05, 0.1) is 19.2 Å². The number of aliphatic carboxylic acids is 1. The van der Waals surface area contributed by atoms with Gasteiger partial charge in [0.15, 0.2) is 0 Å². The standard InChI is InChI=1S/C21H25N3O3/c1-13-18(12-22-21(23-13)24-7-4-8-24)17-11-16-14(9-19(17)27-2)5-3-6-15(16)10-20(25)26/h9,11-12,15H,3-8,10H2,1-2H3,(H,25,26). The molecule has 0 amide bonds. The largest absolute Gasteiger partial charge is 0.496 e. The Bertz CT molecular complexity index is 877. The van der Waals surface area contributed by atoms with Gasteiger partial charge in [0.25, 0.3) is 0 Å². The maximum atomic E-state index is 11.3. The lowest BCUT2D eigenvalue weighted by Crippen LogP contribution is -2.38. The molecule has 6 nitrogen and oxygen atoms in total. The quantitative estimate of drug-likeness (QED) is 0.871. The normalized spacial score (nSPS) is 18.6. The molecule has 1 aliphatic carbocycles.